The Morgan fingerprint density at radius 3 is 2.50 bits per heavy atom. The monoisotopic (exact) mass is 384 g/mol. The van der Waals surface area contributed by atoms with Crippen LogP contribution < -0.4 is 5.32 Å². The Labute approximate surface area is 165 Å². The van der Waals surface area contributed by atoms with E-state index in [0.717, 1.165) is 17.5 Å². The largest absolute Gasteiger partial charge is 0.443 e. The smallest absolute Gasteiger partial charge is 0.276 e. The number of carbonyl (C=O) groups excluding carboxylic acids is 2. The highest BCUT2D eigenvalue weighted by Gasteiger charge is 2.27. The highest BCUT2D eigenvalue weighted by atomic mass is 16.3. The van der Waals surface area contributed by atoms with Gasteiger partial charge in [-0.3, -0.25) is 14.5 Å². The number of hydrogen-bond donors (Lipinski definition) is 1. The van der Waals surface area contributed by atoms with Gasteiger partial charge < -0.3 is 14.6 Å². The van der Waals surface area contributed by atoms with Crippen LogP contribution >= 0.6 is 0 Å². The molecule has 1 saturated heterocycles. The number of hydrogen-bond acceptors (Lipinski definition) is 5. The number of carbonyl (C=O) groups is 2. The number of rotatable bonds is 6. The van der Waals surface area contributed by atoms with Crippen molar-refractivity contribution in [2.24, 2.45) is 0 Å². The molecule has 1 unspecified atom stereocenters. The molecular formula is C21H28N4O3. The van der Waals surface area contributed by atoms with Gasteiger partial charge in [0.05, 0.1) is 6.54 Å². The standard InChI is InChI=1S/C21H28N4O3/c1-4-16(3)23-18(26)13-24-9-11-25(12-10-24)21(27)19-20(28-14-22-19)17-7-5-15(2)6-8-17/h5-8,14,16H,4,9-13H2,1-3H3,(H,23,26). The van der Waals surface area contributed by atoms with Crippen molar-refractivity contribution >= 4 is 11.8 Å². The van der Waals surface area contributed by atoms with Crippen molar-refractivity contribution in [3.8, 4) is 11.3 Å². The van der Waals surface area contributed by atoms with Crippen molar-refractivity contribution in [1.82, 2.24) is 20.1 Å². The lowest BCUT2D eigenvalue weighted by atomic mass is 10.1. The Bertz CT molecular complexity index is 807. The maximum atomic E-state index is 12.9. The molecule has 1 aromatic carbocycles. The second kappa shape index (κ2) is 9.01. The minimum Gasteiger partial charge on any atom is -0.443 e. The molecule has 3 rings (SSSR count). The molecule has 0 saturated carbocycles. The summed E-state index contributed by atoms with van der Waals surface area (Å²) in [4.78, 5) is 33.0. The van der Waals surface area contributed by atoms with Crippen LogP contribution in [0.2, 0.25) is 0 Å². The number of aryl methyl sites for hydroxylation is 1. The Morgan fingerprint density at radius 2 is 1.86 bits per heavy atom. The van der Waals surface area contributed by atoms with Crippen LogP contribution in [0.1, 0.15) is 36.3 Å². The van der Waals surface area contributed by atoms with Crippen molar-refractivity contribution in [1.29, 1.82) is 0 Å². The molecule has 1 N–H and O–H groups in total. The van der Waals surface area contributed by atoms with E-state index in [2.05, 4.69) is 15.2 Å². The Balaban J connectivity index is 1.58. The van der Waals surface area contributed by atoms with Gasteiger partial charge in [-0.1, -0.05) is 36.8 Å². The van der Waals surface area contributed by atoms with Gasteiger partial charge in [-0.05, 0) is 20.3 Å². The summed E-state index contributed by atoms with van der Waals surface area (Å²) >= 11 is 0. The van der Waals surface area contributed by atoms with Crippen molar-refractivity contribution in [2.75, 3.05) is 32.7 Å². The zero-order chi connectivity index (χ0) is 20.1. The molecule has 7 nitrogen and oxygen atoms in total. The van der Waals surface area contributed by atoms with E-state index in [0.29, 0.717) is 44.2 Å². The number of aromatic nitrogens is 1. The minimum atomic E-state index is -0.131. The fourth-order valence-corrected chi connectivity index (χ4v) is 3.19. The molecule has 2 heterocycles. The molecular weight excluding hydrogens is 356 g/mol. The molecule has 0 bridgehead atoms. The van der Waals surface area contributed by atoms with Crippen molar-refractivity contribution < 1.29 is 14.0 Å². The predicted octanol–water partition coefficient (Wildman–Crippen LogP) is 2.32. The first-order chi connectivity index (χ1) is 13.5. The van der Waals surface area contributed by atoms with Crippen LogP contribution in [-0.4, -0.2) is 65.4 Å². The normalized spacial score (nSPS) is 16.0. The quantitative estimate of drug-likeness (QED) is 0.827. The lowest BCUT2D eigenvalue weighted by Crippen LogP contribution is -2.51. The average Bonchev–Trinajstić information content (AvgIpc) is 3.18. The molecule has 1 aliphatic heterocycles. The summed E-state index contributed by atoms with van der Waals surface area (Å²) < 4.78 is 5.50. The van der Waals surface area contributed by atoms with Gasteiger partial charge in [0, 0.05) is 37.8 Å². The summed E-state index contributed by atoms with van der Waals surface area (Å²) in [6.07, 6.45) is 2.23. The van der Waals surface area contributed by atoms with E-state index in [4.69, 9.17) is 4.42 Å². The van der Waals surface area contributed by atoms with Gasteiger partial charge in [0.15, 0.2) is 17.8 Å². The maximum Gasteiger partial charge on any atom is 0.276 e. The van der Waals surface area contributed by atoms with Crippen LogP contribution in [0.5, 0.6) is 0 Å². The SMILES string of the molecule is CCC(C)NC(=O)CN1CCN(C(=O)c2ncoc2-c2ccc(C)cc2)CC1. The molecule has 0 spiro atoms. The van der Waals surface area contributed by atoms with Gasteiger partial charge in [0.25, 0.3) is 5.91 Å². The average molecular weight is 384 g/mol. The number of oxazole rings is 1. The Kier molecular flexibility index (Phi) is 6.46. The number of amides is 2. The minimum absolute atomic E-state index is 0.0345. The van der Waals surface area contributed by atoms with Gasteiger partial charge in [0.2, 0.25) is 5.91 Å². The summed E-state index contributed by atoms with van der Waals surface area (Å²) in [6, 6.07) is 8.01. The highest BCUT2D eigenvalue weighted by molar-refractivity contribution is 5.97. The van der Waals surface area contributed by atoms with Gasteiger partial charge in [-0.2, -0.15) is 0 Å². The molecule has 0 radical (unpaired) electrons. The van der Waals surface area contributed by atoms with E-state index >= 15 is 0 Å². The number of piperazine rings is 1. The van der Waals surface area contributed by atoms with Gasteiger partial charge >= 0.3 is 0 Å². The van der Waals surface area contributed by atoms with E-state index in [1.807, 2.05) is 45.0 Å². The molecule has 2 aromatic rings. The molecule has 1 aliphatic rings. The maximum absolute atomic E-state index is 12.9. The van der Waals surface area contributed by atoms with E-state index in [-0.39, 0.29) is 17.9 Å². The number of nitrogens with one attached hydrogen (secondary N) is 1. The topological polar surface area (TPSA) is 78.7 Å². The molecule has 2 amide bonds. The van der Waals surface area contributed by atoms with Gasteiger partial charge in [-0.15, -0.1) is 0 Å². The molecule has 7 heteroatoms. The van der Waals surface area contributed by atoms with Crippen LogP contribution in [0.25, 0.3) is 11.3 Å². The van der Waals surface area contributed by atoms with Gasteiger partial charge in [0.1, 0.15) is 0 Å². The van der Waals surface area contributed by atoms with Gasteiger partial charge in [-0.25, -0.2) is 4.98 Å². The second-order valence-corrected chi connectivity index (χ2v) is 7.34. The van der Waals surface area contributed by atoms with Crippen LogP contribution in [0, 0.1) is 6.92 Å². The predicted molar refractivity (Wildman–Crippen MR) is 107 cm³/mol. The lowest BCUT2D eigenvalue weighted by molar-refractivity contribution is -0.123. The van der Waals surface area contributed by atoms with E-state index in [1.54, 1.807) is 4.90 Å². The van der Waals surface area contributed by atoms with Crippen LogP contribution in [0.15, 0.2) is 35.1 Å². The number of nitrogens with zero attached hydrogens (tertiary/aromatic N) is 3. The summed E-state index contributed by atoms with van der Waals surface area (Å²) in [7, 11) is 0. The summed E-state index contributed by atoms with van der Waals surface area (Å²) in [6.45, 7) is 8.88. The lowest BCUT2D eigenvalue weighted by Gasteiger charge is -2.34. The second-order valence-electron chi connectivity index (χ2n) is 7.34. The molecule has 150 valence electrons. The van der Waals surface area contributed by atoms with Crippen molar-refractivity contribution in [2.45, 2.75) is 33.2 Å². The molecule has 0 aliphatic carbocycles. The Hall–Kier alpha value is -2.67. The van der Waals surface area contributed by atoms with E-state index in [1.165, 1.54) is 6.39 Å². The third-order valence-electron chi connectivity index (χ3n) is 5.13. The third-order valence-corrected chi connectivity index (χ3v) is 5.13. The molecule has 28 heavy (non-hydrogen) atoms. The molecule has 1 aromatic heterocycles. The summed E-state index contributed by atoms with van der Waals surface area (Å²) in [5.74, 6) is 0.403. The van der Waals surface area contributed by atoms with Crippen molar-refractivity contribution in [3.05, 3.63) is 41.9 Å². The Morgan fingerprint density at radius 1 is 1.18 bits per heavy atom. The first-order valence-electron chi connectivity index (χ1n) is 9.79. The van der Waals surface area contributed by atoms with E-state index in [9.17, 15) is 9.59 Å². The first-order valence-corrected chi connectivity index (χ1v) is 9.79. The zero-order valence-electron chi connectivity index (χ0n) is 16.8. The molecule has 1 fully saturated rings. The van der Waals surface area contributed by atoms with Crippen molar-refractivity contribution in [3.63, 3.8) is 0 Å². The first kappa shape index (κ1) is 20.1. The van der Waals surface area contributed by atoms with Crippen LogP contribution in [0.4, 0.5) is 0 Å². The summed E-state index contributed by atoms with van der Waals surface area (Å²) in [5.41, 5.74) is 2.32. The molecule has 1 atom stereocenters. The summed E-state index contributed by atoms with van der Waals surface area (Å²) in [5, 5.41) is 2.98. The number of benzene rings is 1. The zero-order valence-corrected chi connectivity index (χ0v) is 16.8. The van der Waals surface area contributed by atoms with Crippen LogP contribution in [-0.2, 0) is 4.79 Å². The van der Waals surface area contributed by atoms with Crippen LogP contribution in [0.3, 0.4) is 0 Å². The third kappa shape index (κ3) is 4.78. The van der Waals surface area contributed by atoms with E-state index < -0.39 is 0 Å². The highest BCUT2D eigenvalue weighted by Crippen LogP contribution is 2.24. The fraction of sp³-hybridized carbons (Fsp3) is 0.476. The fourth-order valence-electron chi connectivity index (χ4n) is 3.19.